The van der Waals surface area contributed by atoms with Crippen LogP contribution in [0.15, 0.2) is 57.5 Å². The van der Waals surface area contributed by atoms with Gasteiger partial charge < -0.3 is 31.9 Å². The second-order valence-electron chi connectivity index (χ2n) is 10.4. The number of hydrogen-bond acceptors (Lipinski definition) is 7. The summed E-state index contributed by atoms with van der Waals surface area (Å²) in [7, 11) is -2.71. The molecule has 0 saturated heterocycles. The lowest BCUT2D eigenvalue weighted by Crippen LogP contribution is -2.49. The number of amides is 6. The third-order valence-electron chi connectivity index (χ3n) is 5.69. The first-order valence-corrected chi connectivity index (χ1v) is 16.4. The molecule has 240 valence electrons. The fraction of sp³-hybridized carbons (Fsp3) is 0.429. The van der Waals surface area contributed by atoms with Gasteiger partial charge >= 0.3 is 20.3 Å². The number of benzene rings is 2. The molecule has 0 saturated carbocycles. The summed E-state index contributed by atoms with van der Waals surface area (Å²) < 4.78 is 23.9. The number of carbonyl (C=O) groups is 4. The van der Waals surface area contributed by atoms with Gasteiger partial charge in [-0.2, -0.15) is 0 Å². The predicted octanol–water partition coefficient (Wildman–Crippen LogP) is 5.82. The van der Waals surface area contributed by atoms with E-state index in [1.165, 1.54) is 0 Å². The molecule has 0 bridgehead atoms. The van der Waals surface area contributed by atoms with Crippen molar-refractivity contribution in [1.82, 2.24) is 21.3 Å². The highest BCUT2D eigenvalue weighted by molar-refractivity contribution is 9.10. The summed E-state index contributed by atoms with van der Waals surface area (Å²) in [5, 5.41) is 15.5. The van der Waals surface area contributed by atoms with Crippen LogP contribution >= 0.6 is 40.1 Å². The Hall–Kier alpha value is -3.10. The highest BCUT2D eigenvalue weighted by atomic mass is 79.9. The molecule has 6 N–H and O–H groups in total. The second-order valence-corrected chi connectivity index (χ2v) is 13.2. The fourth-order valence-electron chi connectivity index (χ4n) is 3.72. The summed E-state index contributed by atoms with van der Waals surface area (Å²) >= 11 is 6.65. The average molecular weight is 761 g/mol. The lowest BCUT2D eigenvalue weighted by molar-refractivity contribution is -0.124. The Balaban J connectivity index is 1.77. The lowest BCUT2D eigenvalue weighted by atomic mass is 10.0. The fourth-order valence-corrected chi connectivity index (χ4v) is 4.66. The quantitative estimate of drug-likeness (QED) is 0.0923. The van der Waals surface area contributed by atoms with Crippen LogP contribution < -0.4 is 31.9 Å². The lowest BCUT2D eigenvalue weighted by Gasteiger charge is -2.20. The van der Waals surface area contributed by atoms with Gasteiger partial charge in [0.1, 0.15) is 12.1 Å². The zero-order chi connectivity index (χ0) is 32.6. The van der Waals surface area contributed by atoms with Gasteiger partial charge in [-0.25, -0.2) is 9.59 Å². The molecule has 0 heterocycles. The van der Waals surface area contributed by atoms with Crippen molar-refractivity contribution in [3.05, 3.63) is 57.5 Å². The molecule has 13 nitrogen and oxygen atoms in total. The highest BCUT2D eigenvalue weighted by Crippen LogP contribution is 2.22. The number of carbonyl (C=O) groups excluding carboxylic acids is 4. The maximum absolute atomic E-state index is 12.7. The average Bonchev–Trinajstić information content (AvgIpc) is 2.94. The van der Waals surface area contributed by atoms with Gasteiger partial charge in [0.15, 0.2) is 13.5 Å². The van der Waals surface area contributed by atoms with Gasteiger partial charge in [0.25, 0.3) is 0 Å². The van der Waals surface area contributed by atoms with E-state index in [2.05, 4.69) is 63.8 Å². The Labute approximate surface area is 274 Å². The summed E-state index contributed by atoms with van der Waals surface area (Å²) in [5.74, 6) is -0.899. The van der Waals surface area contributed by atoms with E-state index in [0.29, 0.717) is 24.2 Å². The zero-order valence-corrected chi connectivity index (χ0v) is 28.9. The van der Waals surface area contributed by atoms with Crippen molar-refractivity contribution in [2.75, 3.05) is 24.1 Å². The molecule has 0 aliphatic rings. The first-order chi connectivity index (χ1) is 20.8. The van der Waals surface area contributed by atoms with E-state index in [4.69, 9.17) is 9.05 Å². The maximum atomic E-state index is 12.7. The first-order valence-electron chi connectivity index (χ1n) is 13.8. The molecule has 0 fully saturated rings. The molecule has 0 aromatic heterocycles. The van der Waals surface area contributed by atoms with E-state index in [9.17, 15) is 23.7 Å². The van der Waals surface area contributed by atoms with Gasteiger partial charge in [-0.15, -0.1) is 0 Å². The summed E-state index contributed by atoms with van der Waals surface area (Å²) in [6.45, 7) is 6.70. The van der Waals surface area contributed by atoms with Crippen molar-refractivity contribution in [2.24, 2.45) is 11.8 Å². The number of urea groups is 2. The molecule has 44 heavy (non-hydrogen) atoms. The number of hydrogen-bond donors (Lipinski definition) is 6. The largest absolute Gasteiger partial charge is 0.701 e. The van der Waals surface area contributed by atoms with Gasteiger partial charge in [0.2, 0.25) is 11.8 Å². The molecular formula is C28H38Br2N6O7P+. The van der Waals surface area contributed by atoms with Crippen LogP contribution in [0.2, 0.25) is 0 Å². The Morgan fingerprint density at radius 3 is 1.32 bits per heavy atom. The Bertz CT molecular complexity index is 1170. The summed E-state index contributed by atoms with van der Waals surface area (Å²) in [5.41, 5.74) is 1.10. The van der Waals surface area contributed by atoms with Gasteiger partial charge in [0, 0.05) is 24.9 Å². The van der Waals surface area contributed by atoms with Crippen molar-refractivity contribution in [3.63, 3.8) is 0 Å². The van der Waals surface area contributed by atoms with E-state index in [1.807, 2.05) is 27.7 Å². The third-order valence-corrected chi connectivity index (χ3v) is 7.43. The van der Waals surface area contributed by atoms with Crippen molar-refractivity contribution in [3.8, 4) is 0 Å². The molecule has 2 unspecified atom stereocenters. The second kappa shape index (κ2) is 19.3. The van der Waals surface area contributed by atoms with Crippen molar-refractivity contribution in [2.45, 2.75) is 52.6 Å². The number of halogens is 2. The smallest absolute Gasteiger partial charge is 0.327 e. The summed E-state index contributed by atoms with van der Waals surface area (Å²) in [4.78, 5) is 50.3. The van der Waals surface area contributed by atoms with Gasteiger partial charge in [0.05, 0.1) is 0 Å². The number of nitrogens with one attached hydrogen (secondary N) is 6. The van der Waals surface area contributed by atoms with Crippen LogP contribution in [0.1, 0.15) is 40.5 Å². The van der Waals surface area contributed by atoms with Crippen LogP contribution in [0.3, 0.4) is 0 Å². The van der Waals surface area contributed by atoms with Crippen LogP contribution in [-0.2, 0) is 23.2 Å². The highest BCUT2D eigenvalue weighted by Gasteiger charge is 2.27. The van der Waals surface area contributed by atoms with Gasteiger partial charge in [-0.3, -0.25) is 9.59 Å². The van der Waals surface area contributed by atoms with Crippen LogP contribution in [0, 0.1) is 11.8 Å². The van der Waals surface area contributed by atoms with E-state index in [-0.39, 0.29) is 11.8 Å². The van der Waals surface area contributed by atoms with E-state index >= 15 is 0 Å². The van der Waals surface area contributed by atoms with Gasteiger partial charge in [-0.05, 0) is 73.2 Å². The topological polar surface area (TPSA) is 176 Å². The molecule has 6 amide bonds. The summed E-state index contributed by atoms with van der Waals surface area (Å²) in [6, 6.07) is 11.0. The predicted molar refractivity (Wildman–Crippen MR) is 175 cm³/mol. The molecule has 0 aliphatic carbocycles. The van der Waals surface area contributed by atoms with Crippen molar-refractivity contribution in [1.29, 1.82) is 0 Å². The molecule has 2 aromatic carbocycles. The molecule has 0 radical (unpaired) electrons. The van der Waals surface area contributed by atoms with Crippen molar-refractivity contribution < 1.29 is 32.8 Å². The van der Waals surface area contributed by atoms with E-state index in [0.717, 1.165) is 8.95 Å². The minimum Gasteiger partial charge on any atom is -0.327 e. The third kappa shape index (κ3) is 15.1. The van der Waals surface area contributed by atoms with Crippen LogP contribution in [0.25, 0.3) is 0 Å². The normalized spacial score (nSPS) is 12.6. The zero-order valence-electron chi connectivity index (χ0n) is 24.8. The van der Waals surface area contributed by atoms with Crippen LogP contribution in [0.4, 0.5) is 21.0 Å². The standard InChI is InChI=1S/C28H37Br2N6O7P/c1-17(2)13-23(35-27(39)33-21-9-5-19(29)6-10-21)25(37)31-15-42-44(41)43-16-32-26(38)24(14-18(3)4)36-28(40)34-22-11-7-20(30)8-12-22/h5-12,17-18,23-24H,13-16H2,1-4H3,(H5-,31,32,33,34,35,36,37,38,39,40)/p+1. The van der Waals surface area contributed by atoms with Crippen LogP contribution in [-0.4, -0.2) is 49.4 Å². The number of rotatable bonds is 16. The minimum atomic E-state index is -2.71. The molecule has 2 aromatic rings. The monoisotopic (exact) mass is 759 g/mol. The Morgan fingerprint density at radius 1 is 0.659 bits per heavy atom. The SMILES string of the molecule is CC(C)CC(NC(=O)Nc1ccc(Br)cc1)C(=O)NCO[P+](=O)OCNC(=O)C(CC(C)C)NC(=O)Nc1ccc(Br)cc1. The molecule has 0 spiro atoms. The van der Waals surface area contributed by atoms with Gasteiger partial charge in [-0.1, -0.05) is 68.6 Å². The van der Waals surface area contributed by atoms with E-state index in [1.54, 1.807) is 48.5 Å². The maximum Gasteiger partial charge on any atom is 0.701 e. The first kappa shape index (κ1) is 37.1. The van der Waals surface area contributed by atoms with E-state index < -0.39 is 57.7 Å². The molecule has 16 heteroatoms. The summed E-state index contributed by atoms with van der Waals surface area (Å²) in [6.07, 6.45) is 0.696. The Morgan fingerprint density at radius 2 is 1.00 bits per heavy atom. The molecule has 2 atom stereocenters. The van der Waals surface area contributed by atoms with Crippen LogP contribution in [0.5, 0.6) is 0 Å². The van der Waals surface area contributed by atoms with Crippen molar-refractivity contribution >= 4 is 75.4 Å². The Kier molecular flexibility index (Phi) is 16.3. The molecule has 2 rings (SSSR count). The molecule has 0 aliphatic heterocycles. The minimum absolute atomic E-state index is 0.0871. The number of anilines is 2. The molecular weight excluding hydrogens is 723 g/mol.